The molecule has 2 aliphatic heterocycles. The number of para-hydroxylation sites is 1. The van der Waals surface area contributed by atoms with Crippen molar-refractivity contribution in [3.8, 4) is 0 Å². The highest BCUT2D eigenvalue weighted by Crippen LogP contribution is 2.41. The SMILES string of the molecule is CCON=Cc1ccc(CN2CCC3(CCN(c4ccccc4)C3)C2)cn1. The summed E-state index contributed by atoms with van der Waals surface area (Å²) in [6, 6.07) is 15.0. The lowest BCUT2D eigenvalue weighted by Crippen LogP contribution is -2.30. The smallest absolute Gasteiger partial charge is 0.114 e. The summed E-state index contributed by atoms with van der Waals surface area (Å²) in [7, 11) is 0. The molecule has 2 saturated heterocycles. The Bertz CT molecular complexity index is 762. The second-order valence-electron chi connectivity index (χ2n) is 7.71. The van der Waals surface area contributed by atoms with Crippen LogP contribution >= 0.6 is 0 Å². The highest BCUT2D eigenvalue weighted by atomic mass is 16.6. The van der Waals surface area contributed by atoms with Crippen molar-refractivity contribution in [3.05, 3.63) is 59.9 Å². The normalized spacial score (nSPS) is 22.9. The van der Waals surface area contributed by atoms with Gasteiger partial charge in [0.2, 0.25) is 0 Å². The lowest BCUT2D eigenvalue weighted by Gasteiger charge is -2.25. The lowest BCUT2D eigenvalue weighted by molar-refractivity contribution is 0.160. The average Bonchev–Trinajstić information content (AvgIpc) is 3.31. The van der Waals surface area contributed by atoms with Crippen molar-refractivity contribution in [2.45, 2.75) is 26.3 Å². The van der Waals surface area contributed by atoms with Gasteiger partial charge in [0.05, 0.1) is 11.9 Å². The number of oxime groups is 1. The monoisotopic (exact) mass is 364 g/mol. The maximum absolute atomic E-state index is 4.99. The van der Waals surface area contributed by atoms with E-state index in [1.54, 1.807) is 6.21 Å². The zero-order valence-electron chi connectivity index (χ0n) is 16.1. The molecule has 0 amide bonds. The molecule has 5 heteroatoms. The molecule has 0 bridgehead atoms. The summed E-state index contributed by atoms with van der Waals surface area (Å²) in [5, 5.41) is 3.87. The zero-order chi connectivity index (χ0) is 18.5. The Labute approximate surface area is 161 Å². The summed E-state index contributed by atoms with van der Waals surface area (Å²) in [6.45, 7) is 8.18. The second-order valence-corrected chi connectivity index (χ2v) is 7.71. The number of rotatable bonds is 6. The van der Waals surface area contributed by atoms with E-state index < -0.39 is 0 Å². The summed E-state index contributed by atoms with van der Waals surface area (Å²) in [5.41, 5.74) is 3.91. The van der Waals surface area contributed by atoms with E-state index in [0.29, 0.717) is 12.0 Å². The largest absolute Gasteiger partial charge is 0.396 e. The zero-order valence-corrected chi connectivity index (χ0v) is 16.1. The number of anilines is 1. The van der Waals surface area contributed by atoms with Gasteiger partial charge in [0, 0.05) is 43.5 Å². The minimum atomic E-state index is 0.452. The number of nitrogens with zero attached hydrogens (tertiary/aromatic N) is 4. The van der Waals surface area contributed by atoms with E-state index in [1.807, 2.05) is 19.2 Å². The van der Waals surface area contributed by atoms with Crippen LogP contribution in [0.1, 0.15) is 31.0 Å². The predicted octanol–water partition coefficient (Wildman–Crippen LogP) is 3.55. The molecule has 1 aromatic carbocycles. The van der Waals surface area contributed by atoms with E-state index in [9.17, 15) is 0 Å². The predicted molar refractivity (Wildman–Crippen MR) is 109 cm³/mol. The minimum Gasteiger partial charge on any atom is -0.396 e. The molecule has 0 N–H and O–H groups in total. The maximum Gasteiger partial charge on any atom is 0.114 e. The minimum absolute atomic E-state index is 0.452. The van der Waals surface area contributed by atoms with Crippen molar-refractivity contribution >= 4 is 11.9 Å². The Balaban J connectivity index is 1.32. The van der Waals surface area contributed by atoms with E-state index in [4.69, 9.17) is 4.84 Å². The van der Waals surface area contributed by atoms with E-state index in [-0.39, 0.29) is 0 Å². The van der Waals surface area contributed by atoms with Crippen LogP contribution in [0, 0.1) is 5.41 Å². The molecule has 1 spiro atoms. The van der Waals surface area contributed by atoms with Crippen LogP contribution in [0.15, 0.2) is 53.8 Å². The lowest BCUT2D eigenvalue weighted by atomic mass is 9.86. The fourth-order valence-corrected chi connectivity index (χ4v) is 4.32. The van der Waals surface area contributed by atoms with Gasteiger partial charge in [0.1, 0.15) is 6.61 Å². The standard InChI is InChI=1S/C22H28N4O/c1-2-27-24-15-20-9-8-19(14-23-20)16-25-12-10-22(17-25)11-13-26(18-22)21-6-4-3-5-7-21/h3-9,14-15H,2,10-13,16-18H2,1H3. The van der Waals surface area contributed by atoms with Crippen molar-refractivity contribution in [3.63, 3.8) is 0 Å². The fraction of sp³-hybridized carbons (Fsp3) is 0.455. The van der Waals surface area contributed by atoms with Gasteiger partial charge in [-0.3, -0.25) is 9.88 Å². The maximum atomic E-state index is 4.99. The molecule has 1 atom stereocenters. The van der Waals surface area contributed by atoms with Gasteiger partial charge < -0.3 is 9.74 Å². The first-order valence-electron chi connectivity index (χ1n) is 9.89. The molecule has 5 nitrogen and oxygen atoms in total. The molecule has 2 aliphatic rings. The van der Waals surface area contributed by atoms with Crippen LogP contribution in [0.4, 0.5) is 5.69 Å². The van der Waals surface area contributed by atoms with Gasteiger partial charge >= 0.3 is 0 Å². The third kappa shape index (κ3) is 4.30. The first-order valence-corrected chi connectivity index (χ1v) is 9.89. The van der Waals surface area contributed by atoms with Crippen LogP contribution in [0.25, 0.3) is 0 Å². The van der Waals surface area contributed by atoms with Gasteiger partial charge in [0.15, 0.2) is 0 Å². The topological polar surface area (TPSA) is 41.0 Å². The van der Waals surface area contributed by atoms with Gasteiger partial charge in [-0.15, -0.1) is 0 Å². The van der Waals surface area contributed by atoms with Crippen molar-refractivity contribution in [1.29, 1.82) is 0 Å². The Morgan fingerprint density at radius 3 is 2.74 bits per heavy atom. The van der Waals surface area contributed by atoms with E-state index >= 15 is 0 Å². The molecule has 1 aromatic heterocycles. The van der Waals surface area contributed by atoms with E-state index in [0.717, 1.165) is 12.2 Å². The highest BCUT2D eigenvalue weighted by molar-refractivity contribution is 5.76. The van der Waals surface area contributed by atoms with Crippen molar-refractivity contribution < 1.29 is 4.84 Å². The van der Waals surface area contributed by atoms with E-state index in [1.165, 1.54) is 50.3 Å². The number of hydrogen-bond donors (Lipinski definition) is 0. The molecule has 0 radical (unpaired) electrons. The van der Waals surface area contributed by atoms with Crippen LogP contribution in [0.2, 0.25) is 0 Å². The fourth-order valence-electron chi connectivity index (χ4n) is 4.32. The van der Waals surface area contributed by atoms with Gasteiger partial charge in [-0.25, -0.2) is 0 Å². The summed E-state index contributed by atoms with van der Waals surface area (Å²) in [4.78, 5) is 14.6. The molecule has 1 unspecified atom stereocenters. The number of pyridine rings is 1. The van der Waals surface area contributed by atoms with Crippen molar-refractivity contribution in [1.82, 2.24) is 9.88 Å². The molecule has 3 heterocycles. The van der Waals surface area contributed by atoms with Gasteiger partial charge in [-0.1, -0.05) is 29.4 Å². The van der Waals surface area contributed by atoms with Crippen LogP contribution in [0.5, 0.6) is 0 Å². The van der Waals surface area contributed by atoms with Crippen LogP contribution in [-0.4, -0.2) is 48.9 Å². The third-order valence-electron chi connectivity index (χ3n) is 5.72. The molecule has 142 valence electrons. The van der Waals surface area contributed by atoms with Crippen LogP contribution in [-0.2, 0) is 11.4 Å². The second kappa shape index (κ2) is 8.09. The number of benzene rings is 1. The Hall–Kier alpha value is -2.40. The van der Waals surface area contributed by atoms with Crippen molar-refractivity contribution in [2.75, 3.05) is 37.7 Å². The summed E-state index contributed by atoms with van der Waals surface area (Å²) in [6.07, 6.45) is 6.21. The molecule has 2 aromatic rings. The summed E-state index contributed by atoms with van der Waals surface area (Å²) in [5.74, 6) is 0. The summed E-state index contributed by atoms with van der Waals surface area (Å²) >= 11 is 0. The summed E-state index contributed by atoms with van der Waals surface area (Å²) < 4.78 is 0. The van der Waals surface area contributed by atoms with Crippen LogP contribution in [0.3, 0.4) is 0 Å². The van der Waals surface area contributed by atoms with Gasteiger partial charge in [-0.2, -0.15) is 0 Å². The van der Waals surface area contributed by atoms with E-state index in [2.05, 4.69) is 56.3 Å². The van der Waals surface area contributed by atoms with Gasteiger partial charge in [-0.05, 0) is 50.1 Å². The molecule has 0 saturated carbocycles. The van der Waals surface area contributed by atoms with Crippen molar-refractivity contribution in [2.24, 2.45) is 10.6 Å². The average molecular weight is 364 g/mol. The first-order chi connectivity index (χ1) is 13.3. The highest BCUT2D eigenvalue weighted by Gasteiger charge is 2.43. The number of likely N-dealkylation sites (tertiary alicyclic amines) is 1. The number of aromatic nitrogens is 1. The molecular formula is C22H28N4O. The number of hydrogen-bond acceptors (Lipinski definition) is 5. The molecule has 27 heavy (non-hydrogen) atoms. The van der Waals surface area contributed by atoms with Gasteiger partial charge in [0.25, 0.3) is 0 Å². The third-order valence-corrected chi connectivity index (χ3v) is 5.72. The Morgan fingerprint density at radius 1 is 1.11 bits per heavy atom. The van der Waals surface area contributed by atoms with Crippen LogP contribution < -0.4 is 4.90 Å². The Kier molecular flexibility index (Phi) is 5.39. The molecule has 0 aliphatic carbocycles. The molecule has 2 fully saturated rings. The molecular weight excluding hydrogens is 336 g/mol. The quantitative estimate of drug-likeness (QED) is 0.581. The Morgan fingerprint density at radius 2 is 1.96 bits per heavy atom. The molecule has 4 rings (SSSR count). The first kappa shape index (κ1) is 18.0.